The molecule has 1 aromatic heterocycles. The van der Waals surface area contributed by atoms with Crippen LogP contribution in [0.2, 0.25) is 0 Å². The van der Waals surface area contributed by atoms with E-state index in [0.717, 1.165) is 57.7 Å². The highest BCUT2D eigenvalue weighted by atomic mass is 127. The van der Waals surface area contributed by atoms with Gasteiger partial charge in [-0.05, 0) is 37.3 Å². The van der Waals surface area contributed by atoms with Gasteiger partial charge in [-0.15, -0.1) is 24.0 Å². The standard InChI is InChI=1S/C21H33N5O.HI/c1-22-20(26-12-8-21(16-26)9-13-27-17-21)24-15-18-6-7-19(23-14-18)25-10-4-2-3-5-11-25;/h6-7,14H,2-5,8-13,15-17H2,1H3,(H,22,24);1H. The number of aromatic nitrogens is 1. The second-order valence-electron chi connectivity index (χ2n) is 8.30. The molecule has 0 amide bonds. The fraction of sp³-hybridized carbons (Fsp3) is 0.714. The lowest BCUT2D eigenvalue weighted by Gasteiger charge is -2.25. The van der Waals surface area contributed by atoms with E-state index in [0.29, 0.717) is 5.41 Å². The molecule has 0 aromatic carbocycles. The Morgan fingerprint density at radius 3 is 2.64 bits per heavy atom. The molecule has 7 heteroatoms. The molecule has 1 spiro atoms. The van der Waals surface area contributed by atoms with Crippen molar-refractivity contribution < 1.29 is 4.74 Å². The third-order valence-electron chi connectivity index (χ3n) is 6.32. The summed E-state index contributed by atoms with van der Waals surface area (Å²) < 4.78 is 5.64. The van der Waals surface area contributed by atoms with Crippen molar-refractivity contribution in [2.75, 3.05) is 51.3 Å². The average Bonchev–Trinajstić information content (AvgIpc) is 3.24. The van der Waals surface area contributed by atoms with E-state index in [-0.39, 0.29) is 24.0 Å². The van der Waals surface area contributed by atoms with Crippen LogP contribution in [-0.4, -0.2) is 62.3 Å². The predicted octanol–water partition coefficient (Wildman–Crippen LogP) is 3.27. The van der Waals surface area contributed by atoms with Gasteiger partial charge in [-0.1, -0.05) is 18.9 Å². The molecule has 156 valence electrons. The molecular weight excluding hydrogens is 465 g/mol. The Hall–Kier alpha value is -1.09. The number of pyridine rings is 1. The van der Waals surface area contributed by atoms with Gasteiger partial charge in [0.25, 0.3) is 0 Å². The van der Waals surface area contributed by atoms with Crippen LogP contribution in [0.3, 0.4) is 0 Å². The molecule has 4 heterocycles. The first-order valence-electron chi connectivity index (χ1n) is 10.5. The minimum absolute atomic E-state index is 0. The van der Waals surface area contributed by atoms with Crippen molar-refractivity contribution >= 4 is 35.8 Å². The molecule has 0 aliphatic carbocycles. The predicted molar refractivity (Wildman–Crippen MR) is 125 cm³/mol. The lowest BCUT2D eigenvalue weighted by Crippen LogP contribution is -2.41. The molecule has 3 saturated heterocycles. The van der Waals surface area contributed by atoms with Crippen molar-refractivity contribution in [2.45, 2.75) is 45.1 Å². The van der Waals surface area contributed by atoms with Crippen molar-refractivity contribution in [1.29, 1.82) is 0 Å². The van der Waals surface area contributed by atoms with Crippen LogP contribution in [0.15, 0.2) is 23.3 Å². The van der Waals surface area contributed by atoms with Crippen LogP contribution in [0.4, 0.5) is 5.82 Å². The highest BCUT2D eigenvalue weighted by molar-refractivity contribution is 14.0. The minimum atomic E-state index is 0. The van der Waals surface area contributed by atoms with Gasteiger partial charge in [-0.2, -0.15) is 0 Å². The molecule has 0 saturated carbocycles. The third kappa shape index (κ3) is 5.09. The number of guanidine groups is 1. The summed E-state index contributed by atoms with van der Waals surface area (Å²) in [6.07, 6.45) is 9.66. The monoisotopic (exact) mass is 499 g/mol. The van der Waals surface area contributed by atoms with E-state index < -0.39 is 0 Å². The molecule has 6 nitrogen and oxygen atoms in total. The van der Waals surface area contributed by atoms with Gasteiger partial charge in [0.2, 0.25) is 0 Å². The maximum absolute atomic E-state index is 5.64. The number of anilines is 1. The summed E-state index contributed by atoms with van der Waals surface area (Å²) in [7, 11) is 1.87. The summed E-state index contributed by atoms with van der Waals surface area (Å²) in [5.41, 5.74) is 1.56. The topological polar surface area (TPSA) is 53.0 Å². The Morgan fingerprint density at radius 1 is 1.18 bits per heavy atom. The van der Waals surface area contributed by atoms with Crippen LogP contribution in [0.1, 0.15) is 44.1 Å². The van der Waals surface area contributed by atoms with Crippen molar-refractivity contribution in [3.8, 4) is 0 Å². The average molecular weight is 499 g/mol. The first-order chi connectivity index (χ1) is 13.3. The lowest BCUT2D eigenvalue weighted by atomic mass is 9.87. The molecule has 1 N–H and O–H groups in total. The van der Waals surface area contributed by atoms with Crippen LogP contribution in [0.5, 0.6) is 0 Å². The molecule has 0 bridgehead atoms. The SMILES string of the molecule is CN=C(NCc1ccc(N2CCCCCC2)nc1)N1CCC2(CCOC2)C1.I. The molecule has 3 aliphatic heterocycles. The molecule has 3 aliphatic rings. The summed E-state index contributed by atoms with van der Waals surface area (Å²) in [5.74, 6) is 2.11. The van der Waals surface area contributed by atoms with Crippen LogP contribution in [0.25, 0.3) is 0 Å². The maximum atomic E-state index is 5.64. The number of rotatable bonds is 3. The fourth-order valence-electron chi connectivity index (χ4n) is 4.61. The normalized spacial score (nSPS) is 25.7. The third-order valence-corrected chi connectivity index (χ3v) is 6.32. The van der Waals surface area contributed by atoms with Crippen LogP contribution >= 0.6 is 24.0 Å². The summed E-state index contributed by atoms with van der Waals surface area (Å²) in [4.78, 5) is 14.0. The van der Waals surface area contributed by atoms with Gasteiger partial charge in [0.05, 0.1) is 6.61 Å². The first-order valence-corrected chi connectivity index (χ1v) is 10.5. The number of aliphatic imine (C=N–C) groups is 1. The van der Waals surface area contributed by atoms with Crippen molar-refractivity contribution in [3.63, 3.8) is 0 Å². The van der Waals surface area contributed by atoms with Crippen LogP contribution in [0, 0.1) is 5.41 Å². The van der Waals surface area contributed by atoms with Gasteiger partial charge >= 0.3 is 0 Å². The quantitative estimate of drug-likeness (QED) is 0.393. The summed E-state index contributed by atoms with van der Waals surface area (Å²) in [5, 5.41) is 3.52. The van der Waals surface area contributed by atoms with Gasteiger partial charge in [-0.25, -0.2) is 4.98 Å². The van der Waals surface area contributed by atoms with E-state index >= 15 is 0 Å². The molecule has 0 radical (unpaired) electrons. The van der Waals surface area contributed by atoms with Gasteiger partial charge in [-0.3, -0.25) is 4.99 Å². The first kappa shape index (κ1) is 21.6. The maximum Gasteiger partial charge on any atom is 0.193 e. The Kier molecular flexibility index (Phi) is 7.79. The van der Waals surface area contributed by atoms with Crippen LogP contribution in [-0.2, 0) is 11.3 Å². The van der Waals surface area contributed by atoms with E-state index in [1.54, 1.807) is 0 Å². The fourth-order valence-corrected chi connectivity index (χ4v) is 4.61. The molecule has 1 atom stereocenters. The Balaban J connectivity index is 0.00000225. The summed E-state index contributed by atoms with van der Waals surface area (Å²) in [6, 6.07) is 4.37. The number of ether oxygens (including phenoxy) is 1. The van der Waals surface area contributed by atoms with Crippen molar-refractivity contribution in [1.82, 2.24) is 15.2 Å². The second-order valence-corrected chi connectivity index (χ2v) is 8.30. The van der Waals surface area contributed by atoms with E-state index in [4.69, 9.17) is 9.72 Å². The van der Waals surface area contributed by atoms with Gasteiger partial charge < -0.3 is 19.9 Å². The van der Waals surface area contributed by atoms with E-state index in [1.807, 2.05) is 13.2 Å². The zero-order valence-electron chi connectivity index (χ0n) is 17.0. The molecule has 4 rings (SSSR count). The number of nitrogens with zero attached hydrogens (tertiary/aromatic N) is 4. The van der Waals surface area contributed by atoms with E-state index in [1.165, 1.54) is 44.1 Å². The number of nitrogens with one attached hydrogen (secondary N) is 1. The largest absolute Gasteiger partial charge is 0.381 e. The second kappa shape index (κ2) is 10.1. The van der Waals surface area contributed by atoms with Crippen LogP contribution < -0.4 is 10.2 Å². The summed E-state index contributed by atoms with van der Waals surface area (Å²) in [6.45, 7) is 6.97. The molecule has 1 aromatic rings. The van der Waals surface area contributed by atoms with Gasteiger partial charge in [0.15, 0.2) is 5.96 Å². The zero-order valence-corrected chi connectivity index (χ0v) is 19.4. The van der Waals surface area contributed by atoms with Gasteiger partial charge in [0, 0.05) is 58.0 Å². The number of hydrogen-bond acceptors (Lipinski definition) is 4. The smallest absolute Gasteiger partial charge is 0.193 e. The van der Waals surface area contributed by atoms with Crippen molar-refractivity contribution in [3.05, 3.63) is 23.9 Å². The van der Waals surface area contributed by atoms with Crippen molar-refractivity contribution in [2.24, 2.45) is 10.4 Å². The molecular formula is C21H34IN5O. The molecule has 3 fully saturated rings. The molecule has 28 heavy (non-hydrogen) atoms. The van der Waals surface area contributed by atoms with E-state index in [2.05, 4.69) is 32.2 Å². The summed E-state index contributed by atoms with van der Waals surface area (Å²) >= 11 is 0. The van der Waals surface area contributed by atoms with E-state index in [9.17, 15) is 0 Å². The highest BCUT2D eigenvalue weighted by Crippen LogP contribution is 2.38. The Labute approximate surface area is 186 Å². The Morgan fingerprint density at radius 2 is 2.00 bits per heavy atom. The number of likely N-dealkylation sites (tertiary alicyclic amines) is 1. The lowest BCUT2D eigenvalue weighted by molar-refractivity contribution is 0.156. The van der Waals surface area contributed by atoms with Gasteiger partial charge in [0.1, 0.15) is 5.82 Å². The number of halogens is 1. The zero-order chi connectivity index (χ0) is 18.5. The molecule has 1 unspecified atom stereocenters. The minimum Gasteiger partial charge on any atom is -0.381 e. The number of hydrogen-bond donors (Lipinski definition) is 1. The Bertz CT molecular complexity index is 637. The highest BCUT2D eigenvalue weighted by Gasteiger charge is 2.42.